The molecule has 4 heteroatoms. The molecule has 0 amide bonds. The summed E-state index contributed by atoms with van der Waals surface area (Å²) in [7, 11) is 0. The van der Waals surface area contributed by atoms with Crippen molar-refractivity contribution in [1.29, 1.82) is 0 Å². The number of nitrogens with zero attached hydrogens (tertiary/aromatic N) is 2. The number of unbranched alkanes of at least 4 members (excludes halogenated alkanes) is 1. The van der Waals surface area contributed by atoms with Crippen molar-refractivity contribution in [3.8, 4) is 0 Å². The van der Waals surface area contributed by atoms with Crippen LogP contribution < -0.4 is 5.73 Å². The van der Waals surface area contributed by atoms with Crippen LogP contribution in [0.4, 0.5) is 0 Å². The third kappa shape index (κ3) is 5.01. The molecule has 1 rings (SSSR count). The van der Waals surface area contributed by atoms with Gasteiger partial charge >= 0.3 is 0 Å². The number of piperidine rings is 1. The average Bonchev–Trinajstić information content (AvgIpc) is 2.35. The lowest BCUT2D eigenvalue weighted by molar-refractivity contribution is 0.126. The van der Waals surface area contributed by atoms with Gasteiger partial charge < -0.3 is 15.8 Å². The fourth-order valence-electron chi connectivity index (χ4n) is 2.93. The maximum absolute atomic E-state index is 8.75. The Labute approximate surface area is 118 Å². The number of amidine groups is 1. The number of hydrogen-bond acceptors (Lipinski definition) is 3. The standard InChI is InChI=1S/C15H31N3O/c1-12-7-10-18(13(2)11-12)9-6-5-8-15(3,4)14(16)17-19/h12-13,19H,5-11H2,1-4H3,(H2,16,17). The van der Waals surface area contributed by atoms with Crippen LogP contribution in [0.5, 0.6) is 0 Å². The monoisotopic (exact) mass is 269 g/mol. The molecule has 0 spiro atoms. The largest absolute Gasteiger partial charge is 0.409 e. The van der Waals surface area contributed by atoms with E-state index in [1.165, 1.54) is 32.4 Å². The fraction of sp³-hybridized carbons (Fsp3) is 0.933. The summed E-state index contributed by atoms with van der Waals surface area (Å²) in [5, 5.41) is 11.9. The molecule has 2 atom stereocenters. The van der Waals surface area contributed by atoms with Crippen molar-refractivity contribution < 1.29 is 5.21 Å². The van der Waals surface area contributed by atoms with Gasteiger partial charge in [0.25, 0.3) is 0 Å². The van der Waals surface area contributed by atoms with Gasteiger partial charge in [0.15, 0.2) is 0 Å². The summed E-state index contributed by atoms with van der Waals surface area (Å²) in [4.78, 5) is 2.61. The molecule has 0 saturated carbocycles. The molecule has 2 unspecified atom stereocenters. The first-order chi connectivity index (χ1) is 8.86. The molecule has 0 aromatic rings. The van der Waals surface area contributed by atoms with Gasteiger partial charge in [0, 0.05) is 11.5 Å². The summed E-state index contributed by atoms with van der Waals surface area (Å²) in [6, 6.07) is 0.723. The Morgan fingerprint density at radius 2 is 2.05 bits per heavy atom. The van der Waals surface area contributed by atoms with Crippen molar-refractivity contribution >= 4 is 5.84 Å². The first-order valence-electron chi connectivity index (χ1n) is 7.59. The van der Waals surface area contributed by atoms with Gasteiger partial charge in [-0.1, -0.05) is 32.3 Å². The van der Waals surface area contributed by atoms with Crippen LogP contribution in [0, 0.1) is 11.3 Å². The molecule has 1 fully saturated rings. The first-order valence-corrected chi connectivity index (χ1v) is 7.59. The highest BCUT2D eigenvalue weighted by Crippen LogP contribution is 2.25. The van der Waals surface area contributed by atoms with Gasteiger partial charge in [-0.05, 0) is 51.6 Å². The minimum absolute atomic E-state index is 0.198. The molecule has 0 aromatic heterocycles. The number of oxime groups is 1. The van der Waals surface area contributed by atoms with Crippen molar-refractivity contribution in [2.45, 2.75) is 65.8 Å². The van der Waals surface area contributed by atoms with E-state index in [0.717, 1.165) is 24.8 Å². The Balaban J connectivity index is 2.24. The molecule has 1 aliphatic rings. The van der Waals surface area contributed by atoms with Crippen LogP contribution in [0.25, 0.3) is 0 Å². The Hall–Kier alpha value is -0.770. The summed E-state index contributed by atoms with van der Waals surface area (Å²) in [6.07, 6.45) is 5.96. The molecule has 0 bridgehead atoms. The zero-order valence-corrected chi connectivity index (χ0v) is 13.0. The predicted octanol–water partition coefficient (Wildman–Crippen LogP) is 3.05. The van der Waals surface area contributed by atoms with Gasteiger partial charge in [-0.3, -0.25) is 0 Å². The second-order valence-electron chi connectivity index (χ2n) is 6.84. The summed E-state index contributed by atoms with van der Waals surface area (Å²) >= 11 is 0. The van der Waals surface area contributed by atoms with E-state index in [0.29, 0.717) is 5.84 Å². The molecular formula is C15H31N3O. The Morgan fingerprint density at radius 1 is 1.37 bits per heavy atom. The molecule has 19 heavy (non-hydrogen) atoms. The van der Waals surface area contributed by atoms with Crippen molar-refractivity contribution in [2.24, 2.45) is 22.2 Å². The number of hydrogen-bond donors (Lipinski definition) is 2. The quantitative estimate of drug-likeness (QED) is 0.256. The summed E-state index contributed by atoms with van der Waals surface area (Å²) < 4.78 is 0. The lowest BCUT2D eigenvalue weighted by Gasteiger charge is -2.36. The molecule has 1 aliphatic heterocycles. The first kappa shape index (κ1) is 16.3. The van der Waals surface area contributed by atoms with Crippen LogP contribution >= 0.6 is 0 Å². The van der Waals surface area contributed by atoms with E-state index in [1.54, 1.807) is 0 Å². The molecule has 0 aliphatic carbocycles. The SMILES string of the molecule is CC1CCN(CCCCC(C)(C)C(N)=NO)C(C)C1. The van der Waals surface area contributed by atoms with E-state index < -0.39 is 0 Å². The van der Waals surface area contributed by atoms with Crippen molar-refractivity contribution in [3.63, 3.8) is 0 Å². The topological polar surface area (TPSA) is 61.8 Å². The van der Waals surface area contributed by atoms with E-state index >= 15 is 0 Å². The molecule has 3 N–H and O–H groups in total. The van der Waals surface area contributed by atoms with Crippen molar-refractivity contribution in [3.05, 3.63) is 0 Å². The Bertz CT molecular complexity index is 302. The minimum Gasteiger partial charge on any atom is -0.409 e. The highest BCUT2D eigenvalue weighted by Gasteiger charge is 2.24. The molecule has 0 radical (unpaired) electrons. The van der Waals surface area contributed by atoms with Gasteiger partial charge in [0.05, 0.1) is 0 Å². The zero-order chi connectivity index (χ0) is 14.5. The van der Waals surface area contributed by atoms with Crippen LogP contribution in [-0.4, -0.2) is 35.1 Å². The number of likely N-dealkylation sites (tertiary alicyclic amines) is 1. The molecule has 1 heterocycles. The normalized spacial score (nSPS) is 26.6. The Kier molecular flexibility index (Phi) is 6.11. The summed E-state index contributed by atoms with van der Waals surface area (Å²) in [6.45, 7) is 11.2. The second kappa shape index (κ2) is 7.13. The zero-order valence-electron chi connectivity index (χ0n) is 13.0. The predicted molar refractivity (Wildman–Crippen MR) is 80.5 cm³/mol. The van der Waals surface area contributed by atoms with Gasteiger partial charge in [0.2, 0.25) is 0 Å². The van der Waals surface area contributed by atoms with Crippen LogP contribution in [0.3, 0.4) is 0 Å². The van der Waals surface area contributed by atoms with Crippen LogP contribution in [0.15, 0.2) is 5.16 Å². The number of nitrogens with two attached hydrogens (primary N) is 1. The van der Waals surface area contributed by atoms with E-state index in [1.807, 2.05) is 13.8 Å². The molecule has 112 valence electrons. The highest BCUT2D eigenvalue weighted by molar-refractivity contribution is 5.85. The highest BCUT2D eigenvalue weighted by atomic mass is 16.4. The molecule has 0 aromatic carbocycles. The van der Waals surface area contributed by atoms with Gasteiger partial charge in [0.1, 0.15) is 5.84 Å². The summed E-state index contributed by atoms with van der Waals surface area (Å²) in [5.74, 6) is 1.22. The lowest BCUT2D eigenvalue weighted by atomic mass is 9.86. The minimum atomic E-state index is -0.198. The maximum Gasteiger partial charge on any atom is 0.144 e. The second-order valence-corrected chi connectivity index (χ2v) is 6.84. The molecule has 4 nitrogen and oxygen atoms in total. The lowest BCUT2D eigenvalue weighted by Crippen LogP contribution is -2.40. The fourth-order valence-corrected chi connectivity index (χ4v) is 2.93. The summed E-state index contributed by atoms with van der Waals surface area (Å²) in [5.41, 5.74) is 5.51. The van der Waals surface area contributed by atoms with E-state index in [9.17, 15) is 0 Å². The van der Waals surface area contributed by atoms with Gasteiger partial charge in [-0.15, -0.1) is 0 Å². The van der Waals surface area contributed by atoms with Crippen molar-refractivity contribution in [1.82, 2.24) is 4.90 Å². The third-order valence-electron chi connectivity index (χ3n) is 4.57. The third-order valence-corrected chi connectivity index (χ3v) is 4.57. The molecular weight excluding hydrogens is 238 g/mol. The van der Waals surface area contributed by atoms with Gasteiger partial charge in [-0.2, -0.15) is 0 Å². The van der Waals surface area contributed by atoms with Crippen molar-refractivity contribution in [2.75, 3.05) is 13.1 Å². The van der Waals surface area contributed by atoms with Crippen LogP contribution in [0.1, 0.15) is 59.8 Å². The van der Waals surface area contributed by atoms with E-state index in [2.05, 4.69) is 23.9 Å². The van der Waals surface area contributed by atoms with E-state index in [4.69, 9.17) is 10.9 Å². The van der Waals surface area contributed by atoms with Crippen LogP contribution in [-0.2, 0) is 0 Å². The molecule has 1 saturated heterocycles. The number of rotatable bonds is 6. The average molecular weight is 269 g/mol. The Morgan fingerprint density at radius 3 is 2.63 bits per heavy atom. The van der Waals surface area contributed by atoms with Crippen LogP contribution in [0.2, 0.25) is 0 Å². The van der Waals surface area contributed by atoms with E-state index in [-0.39, 0.29) is 5.41 Å². The smallest absolute Gasteiger partial charge is 0.144 e. The maximum atomic E-state index is 8.75. The van der Waals surface area contributed by atoms with Gasteiger partial charge in [-0.25, -0.2) is 0 Å².